The number of H-pyrrole nitrogens is 1. The molecule has 2 N–H and O–H groups in total. The standard InChI is InChI=1S/C24H25N7/c1-16-4-2-5-21(28-16)23-18(14-27-30-23)19-6-7-20-22(29-19)12-17(13-25-20)31-11-10-26-24(15-31)8-3-9-24/h2,4-7,12-14,26H,3,8-11,15H2,1H3,(H,27,30). The van der Waals surface area contributed by atoms with E-state index >= 15 is 0 Å². The van der Waals surface area contributed by atoms with E-state index in [9.17, 15) is 0 Å². The van der Waals surface area contributed by atoms with Crippen molar-refractivity contribution in [3.8, 4) is 22.6 Å². The highest BCUT2D eigenvalue weighted by molar-refractivity contribution is 5.84. The third kappa shape index (κ3) is 3.25. The zero-order chi connectivity index (χ0) is 20.8. The van der Waals surface area contributed by atoms with Crippen molar-refractivity contribution in [3.63, 3.8) is 0 Å². The fourth-order valence-electron chi connectivity index (χ4n) is 4.79. The molecule has 0 atom stereocenters. The number of hydrogen-bond donors (Lipinski definition) is 2. The second kappa shape index (κ2) is 7.13. The van der Waals surface area contributed by atoms with Gasteiger partial charge in [0.1, 0.15) is 5.69 Å². The van der Waals surface area contributed by atoms with Gasteiger partial charge in [-0.1, -0.05) is 6.07 Å². The first-order chi connectivity index (χ1) is 15.2. The van der Waals surface area contributed by atoms with Crippen LogP contribution >= 0.6 is 0 Å². The molecular weight excluding hydrogens is 386 g/mol. The number of aromatic amines is 1. The molecule has 4 aromatic heterocycles. The van der Waals surface area contributed by atoms with Crippen LogP contribution in [0.3, 0.4) is 0 Å². The minimum Gasteiger partial charge on any atom is -0.367 e. The van der Waals surface area contributed by atoms with Crippen molar-refractivity contribution in [1.29, 1.82) is 0 Å². The van der Waals surface area contributed by atoms with Gasteiger partial charge in [-0.3, -0.25) is 15.1 Å². The van der Waals surface area contributed by atoms with E-state index in [4.69, 9.17) is 9.97 Å². The molecule has 1 aliphatic heterocycles. The van der Waals surface area contributed by atoms with E-state index in [-0.39, 0.29) is 0 Å². The Morgan fingerprint density at radius 1 is 1.03 bits per heavy atom. The van der Waals surface area contributed by atoms with Crippen LogP contribution in [0.15, 0.2) is 48.8 Å². The van der Waals surface area contributed by atoms with Crippen LogP contribution in [0.25, 0.3) is 33.7 Å². The van der Waals surface area contributed by atoms with Gasteiger partial charge < -0.3 is 10.2 Å². The van der Waals surface area contributed by atoms with Crippen molar-refractivity contribution in [2.75, 3.05) is 24.5 Å². The van der Waals surface area contributed by atoms with Crippen LogP contribution in [0, 0.1) is 6.92 Å². The highest BCUT2D eigenvalue weighted by Gasteiger charge is 2.40. The molecule has 1 saturated heterocycles. The van der Waals surface area contributed by atoms with Gasteiger partial charge in [0.05, 0.1) is 34.3 Å². The third-order valence-corrected chi connectivity index (χ3v) is 6.62. The van der Waals surface area contributed by atoms with Crippen molar-refractivity contribution >= 4 is 16.7 Å². The lowest BCUT2D eigenvalue weighted by molar-refractivity contribution is 0.173. The second-order valence-electron chi connectivity index (χ2n) is 8.72. The summed E-state index contributed by atoms with van der Waals surface area (Å²) >= 11 is 0. The molecule has 7 heteroatoms. The molecule has 0 unspecified atom stereocenters. The number of aromatic nitrogens is 5. The number of aryl methyl sites for hydroxylation is 1. The van der Waals surface area contributed by atoms with Gasteiger partial charge in [0.2, 0.25) is 0 Å². The zero-order valence-corrected chi connectivity index (χ0v) is 17.6. The molecule has 2 aliphatic rings. The van der Waals surface area contributed by atoms with Gasteiger partial charge in [0, 0.05) is 42.6 Å². The Bertz CT molecular complexity index is 1260. The van der Waals surface area contributed by atoms with Crippen LogP contribution in [0.1, 0.15) is 25.0 Å². The number of hydrogen-bond acceptors (Lipinski definition) is 6. The molecule has 156 valence electrons. The lowest BCUT2D eigenvalue weighted by Crippen LogP contribution is -2.64. The molecule has 7 nitrogen and oxygen atoms in total. The van der Waals surface area contributed by atoms with Crippen molar-refractivity contribution < 1.29 is 0 Å². The summed E-state index contributed by atoms with van der Waals surface area (Å²) in [4.78, 5) is 16.7. The van der Waals surface area contributed by atoms with Crippen LogP contribution in [0.4, 0.5) is 5.69 Å². The maximum absolute atomic E-state index is 4.96. The SMILES string of the molecule is Cc1cccc(-c2n[nH]cc2-c2ccc3ncc(N4CCNC5(CCC5)C4)cc3n2)n1. The normalized spacial score (nSPS) is 17.8. The first kappa shape index (κ1) is 18.4. The first-order valence-electron chi connectivity index (χ1n) is 10.9. The topological polar surface area (TPSA) is 82.6 Å². The highest BCUT2D eigenvalue weighted by Crippen LogP contribution is 2.36. The Morgan fingerprint density at radius 2 is 1.97 bits per heavy atom. The number of pyridine rings is 3. The van der Waals surface area contributed by atoms with E-state index in [0.717, 1.165) is 64.7 Å². The molecule has 1 saturated carbocycles. The van der Waals surface area contributed by atoms with Crippen molar-refractivity contribution in [3.05, 3.63) is 54.5 Å². The third-order valence-electron chi connectivity index (χ3n) is 6.62. The smallest absolute Gasteiger partial charge is 0.120 e. The molecule has 2 fully saturated rings. The van der Waals surface area contributed by atoms with Crippen molar-refractivity contribution in [1.82, 2.24) is 30.5 Å². The molecule has 31 heavy (non-hydrogen) atoms. The number of piperazine rings is 1. The van der Waals surface area contributed by atoms with Crippen LogP contribution < -0.4 is 10.2 Å². The molecule has 0 amide bonds. The summed E-state index contributed by atoms with van der Waals surface area (Å²) in [6.45, 7) is 5.05. The lowest BCUT2D eigenvalue weighted by atomic mass is 9.75. The Hall–Kier alpha value is -3.32. The minimum absolute atomic E-state index is 0.301. The predicted molar refractivity (Wildman–Crippen MR) is 122 cm³/mol. The van der Waals surface area contributed by atoms with Crippen LogP contribution in [-0.4, -0.2) is 50.3 Å². The highest BCUT2D eigenvalue weighted by atomic mass is 15.2. The van der Waals surface area contributed by atoms with Crippen LogP contribution in [0.2, 0.25) is 0 Å². The van der Waals surface area contributed by atoms with Gasteiger partial charge in [0.15, 0.2) is 0 Å². The Kier molecular flexibility index (Phi) is 4.24. The number of nitrogens with zero attached hydrogens (tertiary/aromatic N) is 5. The van der Waals surface area contributed by atoms with Gasteiger partial charge in [-0.15, -0.1) is 0 Å². The van der Waals surface area contributed by atoms with Gasteiger partial charge in [-0.2, -0.15) is 5.10 Å². The quantitative estimate of drug-likeness (QED) is 0.535. The molecule has 0 radical (unpaired) electrons. The molecule has 5 heterocycles. The van der Waals surface area contributed by atoms with Crippen LogP contribution in [0.5, 0.6) is 0 Å². The van der Waals surface area contributed by atoms with Gasteiger partial charge in [0.25, 0.3) is 0 Å². The fourth-order valence-corrected chi connectivity index (χ4v) is 4.79. The average molecular weight is 412 g/mol. The van der Waals surface area contributed by atoms with Gasteiger partial charge in [-0.25, -0.2) is 4.98 Å². The second-order valence-corrected chi connectivity index (χ2v) is 8.72. The fraction of sp³-hybridized carbons (Fsp3) is 0.333. The maximum Gasteiger partial charge on any atom is 0.120 e. The number of anilines is 1. The van der Waals surface area contributed by atoms with E-state index in [2.05, 4.69) is 31.5 Å². The van der Waals surface area contributed by atoms with Gasteiger partial charge >= 0.3 is 0 Å². The molecule has 1 aliphatic carbocycles. The van der Waals surface area contributed by atoms with E-state index < -0.39 is 0 Å². The van der Waals surface area contributed by atoms with Crippen LogP contribution in [-0.2, 0) is 0 Å². The summed E-state index contributed by atoms with van der Waals surface area (Å²) < 4.78 is 0. The molecule has 6 rings (SSSR count). The number of fused-ring (bicyclic) bond motifs is 1. The van der Waals surface area contributed by atoms with Gasteiger partial charge in [-0.05, 0) is 56.5 Å². The summed E-state index contributed by atoms with van der Waals surface area (Å²) in [6.07, 6.45) is 7.74. The predicted octanol–water partition coefficient (Wildman–Crippen LogP) is 3.72. The molecular formula is C24H25N7. The summed E-state index contributed by atoms with van der Waals surface area (Å²) in [7, 11) is 0. The minimum atomic E-state index is 0.301. The molecule has 0 bridgehead atoms. The number of nitrogens with one attached hydrogen (secondary N) is 2. The largest absolute Gasteiger partial charge is 0.367 e. The summed E-state index contributed by atoms with van der Waals surface area (Å²) in [5, 5.41) is 11.2. The lowest BCUT2D eigenvalue weighted by Gasteiger charge is -2.50. The monoisotopic (exact) mass is 411 g/mol. The number of rotatable bonds is 3. The zero-order valence-electron chi connectivity index (χ0n) is 17.6. The Morgan fingerprint density at radius 3 is 2.81 bits per heavy atom. The summed E-state index contributed by atoms with van der Waals surface area (Å²) in [5.41, 5.74) is 7.69. The molecule has 1 spiro atoms. The van der Waals surface area contributed by atoms with E-state index in [1.54, 1.807) is 0 Å². The summed E-state index contributed by atoms with van der Waals surface area (Å²) in [6, 6.07) is 12.2. The maximum atomic E-state index is 4.96. The first-order valence-corrected chi connectivity index (χ1v) is 10.9. The Balaban J connectivity index is 1.37. The molecule has 0 aromatic carbocycles. The average Bonchev–Trinajstić information content (AvgIpc) is 3.27. The Labute approximate surface area is 181 Å². The van der Waals surface area contributed by atoms with E-state index in [0.29, 0.717) is 5.54 Å². The van der Waals surface area contributed by atoms with Crippen molar-refractivity contribution in [2.45, 2.75) is 31.7 Å². The van der Waals surface area contributed by atoms with E-state index in [1.807, 2.05) is 49.6 Å². The summed E-state index contributed by atoms with van der Waals surface area (Å²) in [5.74, 6) is 0. The van der Waals surface area contributed by atoms with Crippen molar-refractivity contribution in [2.24, 2.45) is 0 Å². The van der Waals surface area contributed by atoms with E-state index in [1.165, 1.54) is 19.3 Å². The molecule has 4 aromatic rings.